The summed E-state index contributed by atoms with van der Waals surface area (Å²) in [6.45, 7) is 14.8. The van der Waals surface area contributed by atoms with E-state index in [-0.39, 0.29) is 0 Å². The molecule has 2 aromatic rings. The van der Waals surface area contributed by atoms with Crippen molar-refractivity contribution in [3.05, 3.63) is 24.0 Å². The minimum absolute atomic E-state index is 0.363. The van der Waals surface area contributed by atoms with Gasteiger partial charge in [0.1, 0.15) is 5.82 Å². The van der Waals surface area contributed by atoms with Crippen LogP contribution in [0.15, 0.2) is 23.1 Å². The van der Waals surface area contributed by atoms with Crippen LogP contribution in [0.3, 0.4) is 0 Å². The van der Waals surface area contributed by atoms with E-state index in [4.69, 9.17) is 4.98 Å². The Morgan fingerprint density at radius 1 is 1.10 bits per heavy atom. The van der Waals surface area contributed by atoms with Crippen LogP contribution in [-0.4, -0.2) is 52.9 Å². The Labute approximate surface area is 176 Å². The standard InChI is InChI=1S/C22H36N4O2S/c1-6-24(18(5)17(3)4)16-22-23-20-15-19(11-12-21(20)26(22)7-2)29(27,28)25-13-9-8-10-14-25/h11-12,15,17-18H,6-10,13-14,16H2,1-5H3. The summed E-state index contributed by atoms with van der Waals surface area (Å²) in [7, 11) is -3.44. The summed E-state index contributed by atoms with van der Waals surface area (Å²) in [4.78, 5) is 7.67. The summed E-state index contributed by atoms with van der Waals surface area (Å²) in [5.74, 6) is 1.57. The summed E-state index contributed by atoms with van der Waals surface area (Å²) >= 11 is 0. The summed E-state index contributed by atoms with van der Waals surface area (Å²) in [6, 6.07) is 5.89. The zero-order valence-electron chi connectivity index (χ0n) is 18.6. The van der Waals surface area contributed by atoms with Crippen LogP contribution in [0.2, 0.25) is 0 Å². The molecular weight excluding hydrogens is 384 g/mol. The van der Waals surface area contributed by atoms with Crippen molar-refractivity contribution < 1.29 is 8.42 Å². The van der Waals surface area contributed by atoms with Gasteiger partial charge in [0.05, 0.1) is 22.5 Å². The lowest BCUT2D eigenvalue weighted by Gasteiger charge is -2.30. The number of fused-ring (bicyclic) bond motifs is 1. The van der Waals surface area contributed by atoms with Crippen molar-refractivity contribution in [2.24, 2.45) is 5.92 Å². The number of rotatable bonds is 8. The molecule has 7 heteroatoms. The first kappa shape index (κ1) is 22.2. The molecule has 0 saturated carbocycles. The van der Waals surface area contributed by atoms with Gasteiger partial charge in [0.25, 0.3) is 0 Å². The molecule has 162 valence electrons. The first-order valence-electron chi connectivity index (χ1n) is 11.0. The second-order valence-electron chi connectivity index (χ2n) is 8.44. The molecule has 1 aromatic carbocycles. The van der Waals surface area contributed by atoms with E-state index in [0.29, 0.717) is 29.9 Å². The monoisotopic (exact) mass is 420 g/mol. The maximum Gasteiger partial charge on any atom is 0.243 e. The summed E-state index contributed by atoms with van der Waals surface area (Å²) < 4.78 is 30.0. The topological polar surface area (TPSA) is 58.4 Å². The number of sulfonamides is 1. The van der Waals surface area contributed by atoms with Gasteiger partial charge in [-0.1, -0.05) is 27.2 Å². The molecule has 0 amide bonds. The molecule has 3 rings (SSSR count). The molecule has 0 radical (unpaired) electrons. The van der Waals surface area contributed by atoms with Gasteiger partial charge in [0.2, 0.25) is 10.0 Å². The fourth-order valence-corrected chi connectivity index (χ4v) is 5.73. The quantitative estimate of drug-likeness (QED) is 0.645. The molecule has 2 heterocycles. The van der Waals surface area contributed by atoms with Crippen molar-refractivity contribution in [1.82, 2.24) is 18.8 Å². The Morgan fingerprint density at radius 2 is 1.79 bits per heavy atom. The van der Waals surface area contributed by atoms with Crippen molar-refractivity contribution in [3.8, 4) is 0 Å². The highest BCUT2D eigenvalue weighted by Gasteiger charge is 2.27. The number of aromatic nitrogens is 2. The van der Waals surface area contributed by atoms with Crippen molar-refractivity contribution in [2.75, 3.05) is 19.6 Å². The van der Waals surface area contributed by atoms with Gasteiger partial charge in [-0.15, -0.1) is 0 Å². The molecule has 1 aliphatic rings. The molecule has 6 nitrogen and oxygen atoms in total. The minimum Gasteiger partial charge on any atom is -0.327 e. The van der Waals surface area contributed by atoms with Crippen LogP contribution in [0.25, 0.3) is 11.0 Å². The van der Waals surface area contributed by atoms with Gasteiger partial charge < -0.3 is 4.57 Å². The van der Waals surface area contributed by atoms with Gasteiger partial charge in [-0.2, -0.15) is 4.31 Å². The second-order valence-corrected chi connectivity index (χ2v) is 10.4. The Morgan fingerprint density at radius 3 is 2.38 bits per heavy atom. The van der Waals surface area contributed by atoms with Crippen molar-refractivity contribution in [1.29, 1.82) is 0 Å². The second kappa shape index (κ2) is 9.14. The molecule has 1 fully saturated rings. The van der Waals surface area contributed by atoms with E-state index < -0.39 is 10.0 Å². The Kier molecular flexibility index (Phi) is 7.02. The lowest BCUT2D eigenvalue weighted by Crippen LogP contribution is -2.36. The van der Waals surface area contributed by atoms with E-state index in [9.17, 15) is 8.42 Å². The number of benzene rings is 1. The van der Waals surface area contributed by atoms with Gasteiger partial charge >= 0.3 is 0 Å². The Balaban J connectivity index is 1.95. The average molecular weight is 421 g/mol. The molecule has 0 bridgehead atoms. The normalized spacial score (nSPS) is 17.5. The number of nitrogens with zero attached hydrogens (tertiary/aromatic N) is 4. The highest BCUT2D eigenvalue weighted by Crippen LogP contribution is 2.26. The first-order chi connectivity index (χ1) is 13.8. The van der Waals surface area contributed by atoms with E-state index in [1.807, 2.05) is 6.07 Å². The van der Waals surface area contributed by atoms with Crippen LogP contribution >= 0.6 is 0 Å². The summed E-state index contributed by atoms with van der Waals surface area (Å²) in [5.41, 5.74) is 1.78. The number of imidazole rings is 1. The Hall–Kier alpha value is -1.44. The van der Waals surface area contributed by atoms with Gasteiger partial charge in [-0.25, -0.2) is 13.4 Å². The third kappa shape index (κ3) is 4.52. The number of hydrogen-bond donors (Lipinski definition) is 0. The van der Waals surface area contributed by atoms with E-state index in [2.05, 4.69) is 44.1 Å². The smallest absolute Gasteiger partial charge is 0.243 e. The van der Waals surface area contributed by atoms with Crippen LogP contribution in [0, 0.1) is 5.92 Å². The van der Waals surface area contributed by atoms with Gasteiger partial charge in [0.15, 0.2) is 0 Å². The van der Waals surface area contributed by atoms with Gasteiger partial charge in [-0.3, -0.25) is 4.90 Å². The van der Waals surface area contributed by atoms with E-state index in [1.54, 1.807) is 16.4 Å². The lowest BCUT2D eigenvalue weighted by molar-refractivity contribution is 0.163. The molecule has 0 spiro atoms. The molecule has 1 saturated heterocycles. The SMILES string of the molecule is CCN(Cc1nc2cc(S(=O)(=O)N3CCCCC3)ccc2n1CC)C(C)C(C)C. The predicted octanol–water partition coefficient (Wildman–Crippen LogP) is 4.10. The van der Waals surface area contributed by atoms with Crippen molar-refractivity contribution in [3.63, 3.8) is 0 Å². The summed E-state index contributed by atoms with van der Waals surface area (Å²) in [6.07, 6.45) is 2.99. The van der Waals surface area contributed by atoms with E-state index in [1.165, 1.54) is 0 Å². The number of aryl methyl sites for hydroxylation is 1. The van der Waals surface area contributed by atoms with Gasteiger partial charge in [0, 0.05) is 25.7 Å². The lowest BCUT2D eigenvalue weighted by atomic mass is 10.0. The number of hydrogen-bond acceptors (Lipinski definition) is 4. The Bertz CT molecular complexity index is 930. The van der Waals surface area contributed by atoms with Crippen LogP contribution in [-0.2, 0) is 23.1 Å². The molecule has 1 aromatic heterocycles. The van der Waals surface area contributed by atoms with Gasteiger partial charge in [-0.05, 0) is 57.4 Å². The van der Waals surface area contributed by atoms with Crippen molar-refractivity contribution >= 4 is 21.1 Å². The maximum atomic E-state index is 13.1. The molecule has 29 heavy (non-hydrogen) atoms. The minimum atomic E-state index is -3.44. The van der Waals surface area contributed by atoms with Crippen LogP contribution in [0.1, 0.15) is 59.7 Å². The van der Waals surface area contributed by atoms with Crippen LogP contribution in [0.5, 0.6) is 0 Å². The highest BCUT2D eigenvalue weighted by molar-refractivity contribution is 7.89. The zero-order chi connectivity index (χ0) is 21.2. The molecular formula is C22H36N4O2S. The van der Waals surface area contributed by atoms with Crippen molar-refractivity contribution in [2.45, 2.75) is 77.9 Å². The molecule has 0 aliphatic carbocycles. The molecule has 1 unspecified atom stereocenters. The summed E-state index contributed by atoms with van der Waals surface area (Å²) in [5, 5.41) is 0. The van der Waals surface area contributed by atoms with E-state index >= 15 is 0 Å². The largest absolute Gasteiger partial charge is 0.327 e. The van der Waals surface area contributed by atoms with Crippen LogP contribution in [0.4, 0.5) is 0 Å². The predicted molar refractivity (Wildman–Crippen MR) is 118 cm³/mol. The first-order valence-corrected chi connectivity index (χ1v) is 12.5. The third-order valence-corrected chi connectivity index (χ3v) is 8.25. The zero-order valence-corrected chi connectivity index (χ0v) is 19.4. The number of piperidine rings is 1. The van der Waals surface area contributed by atoms with Crippen LogP contribution < -0.4 is 0 Å². The fourth-order valence-electron chi connectivity index (χ4n) is 4.19. The van der Waals surface area contributed by atoms with E-state index in [0.717, 1.165) is 55.8 Å². The molecule has 1 aliphatic heterocycles. The highest BCUT2D eigenvalue weighted by atomic mass is 32.2. The average Bonchev–Trinajstić information content (AvgIpc) is 3.08. The molecule has 0 N–H and O–H groups in total. The fraction of sp³-hybridized carbons (Fsp3) is 0.682. The maximum absolute atomic E-state index is 13.1. The third-order valence-electron chi connectivity index (χ3n) is 6.36. The molecule has 1 atom stereocenters.